The fraction of sp³-hybridized carbons (Fsp3) is 0.632. The van der Waals surface area contributed by atoms with Gasteiger partial charge in [-0.3, -0.25) is 14.4 Å². The highest BCUT2D eigenvalue weighted by Crippen LogP contribution is 2.30. The highest BCUT2D eigenvalue weighted by Gasteiger charge is 2.33. The van der Waals surface area contributed by atoms with Crippen LogP contribution >= 0.6 is 0 Å². The molecular formula is C38H60N6O4. The number of nitrogens with zero attached hydrogens (tertiary/aromatic N) is 2. The number of nitrogens with one attached hydrogen (secondary N) is 4. The highest BCUT2D eigenvalue weighted by molar-refractivity contribution is 5.91. The van der Waals surface area contributed by atoms with Gasteiger partial charge < -0.3 is 30.9 Å². The van der Waals surface area contributed by atoms with Crippen LogP contribution in [0, 0.1) is 23.7 Å². The molecule has 1 aliphatic carbocycles. The predicted octanol–water partition coefficient (Wildman–Crippen LogP) is 4.42. The molecule has 1 aliphatic rings. The van der Waals surface area contributed by atoms with Crippen LogP contribution in [0.25, 0.3) is 0 Å². The molecule has 1 saturated carbocycles. The van der Waals surface area contributed by atoms with Crippen LogP contribution in [0.1, 0.15) is 82.9 Å². The van der Waals surface area contributed by atoms with Gasteiger partial charge in [-0.05, 0) is 69.6 Å². The fourth-order valence-corrected chi connectivity index (χ4v) is 6.65. The van der Waals surface area contributed by atoms with Crippen molar-refractivity contribution in [1.29, 1.82) is 0 Å². The van der Waals surface area contributed by atoms with Crippen LogP contribution in [0.3, 0.4) is 0 Å². The molecule has 0 unspecified atom stereocenters. The van der Waals surface area contributed by atoms with E-state index in [0.717, 1.165) is 44.2 Å². The van der Waals surface area contributed by atoms with Crippen LogP contribution in [-0.2, 0) is 27.2 Å². The first-order valence-corrected chi connectivity index (χ1v) is 17.9. The SMILES string of the molecule is C=C[C@@H](C[C@H](O)[C@H](CC1CCCCC1)NC(=O)[C@H](Cc1c[nH]cn1)NC(=O)[C@@H](CC(=O)NCCCN(C)C)Cc1ccccc1)C(C)C. The maximum atomic E-state index is 14.1. The number of allylic oxidation sites excluding steroid dienone is 1. The Morgan fingerprint density at radius 1 is 1.06 bits per heavy atom. The highest BCUT2D eigenvalue weighted by atomic mass is 16.3. The number of aromatic nitrogens is 2. The number of imidazole rings is 1. The van der Waals surface area contributed by atoms with Gasteiger partial charge >= 0.3 is 0 Å². The van der Waals surface area contributed by atoms with Gasteiger partial charge in [0.2, 0.25) is 17.7 Å². The van der Waals surface area contributed by atoms with Gasteiger partial charge in [0.15, 0.2) is 0 Å². The molecule has 0 bridgehead atoms. The van der Waals surface area contributed by atoms with Gasteiger partial charge in [-0.2, -0.15) is 0 Å². The molecule has 3 rings (SSSR count). The van der Waals surface area contributed by atoms with E-state index in [-0.39, 0.29) is 36.5 Å². The number of aromatic amines is 1. The Hall–Kier alpha value is -3.50. The molecule has 10 nitrogen and oxygen atoms in total. The van der Waals surface area contributed by atoms with Gasteiger partial charge in [0, 0.05) is 25.6 Å². The molecular weight excluding hydrogens is 604 g/mol. The van der Waals surface area contributed by atoms with Crippen molar-refractivity contribution in [3.63, 3.8) is 0 Å². The molecule has 5 atom stereocenters. The summed E-state index contributed by atoms with van der Waals surface area (Å²) in [7, 11) is 3.97. The van der Waals surface area contributed by atoms with Crippen molar-refractivity contribution >= 4 is 17.7 Å². The quantitative estimate of drug-likeness (QED) is 0.0990. The number of benzene rings is 1. The minimum Gasteiger partial charge on any atom is -0.391 e. The van der Waals surface area contributed by atoms with E-state index in [9.17, 15) is 19.5 Å². The van der Waals surface area contributed by atoms with E-state index in [1.165, 1.54) is 6.42 Å². The molecule has 0 spiro atoms. The summed E-state index contributed by atoms with van der Waals surface area (Å²) in [5.74, 6) is -0.772. The van der Waals surface area contributed by atoms with E-state index >= 15 is 0 Å². The van der Waals surface area contributed by atoms with Crippen molar-refractivity contribution in [3.05, 3.63) is 66.8 Å². The molecule has 1 aromatic heterocycles. The van der Waals surface area contributed by atoms with E-state index < -0.39 is 24.1 Å². The zero-order valence-electron chi connectivity index (χ0n) is 29.6. The Morgan fingerprint density at radius 2 is 1.79 bits per heavy atom. The molecule has 5 N–H and O–H groups in total. The van der Waals surface area contributed by atoms with Crippen molar-refractivity contribution in [3.8, 4) is 0 Å². The molecule has 10 heteroatoms. The average molecular weight is 665 g/mol. The van der Waals surface area contributed by atoms with Gasteiger partial charge in [0.25, 0.3) is 0 Å². The van der Waals surface area contributed by atoms with E-state index in [2.05, 4.69) is 51.2 Å². The number of H-pyrrole nitrogens is 1. The number of carbonyl (C=O) groups is 3. The summed E-state index contributed by atoms with van der Waals surface area (Å²) >= 11 is 0. The summed E-state index contributed by atoms with van der Waals surface area (Å²) < 4.78 is 0. The van der Waals surface area contributed by atoms with E-state index in [1.807, 2.05) is 50.5 Å². The van der Waals surface area contributed by atoms with Crippen LogP contribution in [0.4, 0.5) is 0 Å². The minimum absolute atomic E-state index is 0.000594. The molecule has 0 radical (unpaired) electrons. The lowest BCUT2D eigenvalue weighted by molar-refractivity contribution is -0.134. The lowest BCUT2D eigenvalue weighted by Gasteiger charge is -2.33. The molecule has 2 aromatic rings. The van der Waals surface area contributed by atoms with Crippen molar-refractivity contribution in [2.75, 3.05) is 27.2 Å². The average Bonchev–Trinajstić information content (AvgIpc) is 3.58. The van der Waals surface area contributed by atoms with Crippen molar-refractivity contribution in [2.24, 2.45) is 23.7 Å². The van der Waals surface area contributed by atoms with Crippen molar-refractivity contribution in [2.45, 2.75) is 103 Å². The summed E-state index contributed by atoms with van der Waals surface area (Å²) in [4.78, 5) is 50.4. The summed E-state index contributed by atoms with van der Waals surface area (Å²) in [5, 5.41) is 20.6. The number of hydrogen-bond donors (Lipinski definition) is 5. The third kappa shape index (κ3) is 13.9. The van der Waals surface area contributed by atoms with E-state index in [1.54, 1.807) is 12.5 Å². The lowest BCUT2D eigenvalue weighted by atomic mass is 9.81. The third-order valence-electron chi connectivity index (χ3n) is 9.61. The summed E-state index contributed by atoms with van der Waals surface area (Å²) in [6.07, 6.45) is 12.6. The fourth-order valence-electron chi connectivity index (χ4n) is 6.65. The lowest BCUT2D eigenvalue weighted by Crippen LogP contribution is -2.55. The maximum Gasteiger partial charge on any atom is 0.243 e. The molecule has 266 valence electrons. The number of hydrogen-bond acceptors (Lipinski definition) is 6. The molecule has 1 fully saturated rings. The van der Waals surface area contributed by atoms with E-state index in [0.29, 0.717) is 43.3 Å². The first kappa shape index (κ1) is 38.9. The van der Waals surface area contributed by atoms with Crippen LogP contribution in [0.2, 0.25) is 0 Å². The summed E-state index contributed by atoms with van der Waals surface area (Å²) in [6, 6.07) is 8.21. The second-order valence-electron chi connectivity index (χ2n) is 14.2. The van der Waals surface area contributed by atoms with Crippen molar-refractivity contribution in [1.82, 2.24) is 30.8 Å². The van der Waals surface area contributed by atoms with Gasteiger partial charge in [-0.25, -0.2) is 4.98 Å². The zero-order valence-corrected chi connectivity index (χ0v) is 29.6. The zero-order chi connectivity index (χ0) is 34.9. The molecule has 1 aromatic carbocycles. The Kier molecular flexibility index (Phi) is 16.9. The minimum atomic E-state index is -0.941. The third-order valence-corrected chi connectivity index (χ3v) is 9.61. The maximum absolute atomic E-state index is 14.1. The second kappa shape index (κ2) is 20.8. The molecule has 3 amide bonds. The number of aliphatic hydroxyl groups excluding tert-OH is 1. The largest absolute Gasteiger partial charge is 0.391 e. The summed E-state index contributed by atoms with van der Waals surface area (Å²) in [6.45, 7) is 9.57. The predicted molar refractivity (Wildman–Crippen MR) is 191 cm³/mol. The molecule has 1 heterocycles. The van der Waals surface area contributed by atoms with E-state index in [4.69, 9.17) is 0 Å². The standard InChI is InChI=1S/C38H60N6O4/c1-6-30(27(2)3)22-35(45)33(21-29-16-11-8-12-17-29)42-38(48)34(24-32-25-39-26-41-32)43-37(47)31(20-28-14-9-7-10-15-28)23-36(46)40-18-13-19-44(4)5/h6-7,9-10,14-15,25-27,29-31,33-35,45H,1,8,11-13,16-24H2,2-5H3,(H,39,41)(H,40,46)(H,42,48)(H,43,47)/t30-,31+,33-,34-,35-/m0/s1. The number of rotatable bonds is 21. The smallest absolute Gasteiger partial charge is 0.243 e. The van der Waals surface area contributed by atoms with Gasteiger partial charge in [0.05, 0.1) is 30.1 Å². The van der Waals surface area contributed by atoms with Crippen LogP contribution < -0.4 is 16.0 Å². The molecule has 48 heavy (non-hydrogen) atoms. The van der Waals surface area contributed by atoms with Crippen LogP contribution in [-0.4, -0.2) is 83.1 Å². The van der Waals surface area contributed by atoms with Crippen LogP contribution in [0.5, 0.6) is 0 Å². The first-order valence-electron chi connectivity index (χ1n) is 17.9. The number of amides is 3. The number of carbonyl (C=O) groups excluding carboxylic acids is 3. The van der Waals surface area contributed by atoms with Gasteiger partial charge in [-0.15, -0.1) is 6.58 Å². The first-order chi connectivity index (χ1) is 23.0. The summed E-state index contributed by atoms with van der Waals surface area (Å²) in [5.41, 5.74) is 1.56. The van der Waals surface area contributed by atoms with Crippen LogP contribution in [0.15, 0.2) is 55.5 Å². The van der Waals surface area contributed by atoms with Crippen molar-refractivity contribution < 1.29 is 19.5 Å². The second-order valence-corrected chi connectivity index (χ2v) is 14.2. The monoisotopic (exact) mass is 664 g/mol. The Morgan fingerprint density at radius 3 is 2.42 bits per heavy atom. The molecule has 0 saturated heterocycles. The Labute approximate surface area is 287 Å². The number of aliphatic hydroxyl groups is 1. The Bertz CT molecular complexity index is 1230. The van der Waals surface area contributed by atoms with Gasteiger partial charge in [-0.1, -0.05) is 82.4 Å². The van der Waals surface area contributed by atoms with Gasteiger partial charge in [0.1, 0.15) is 6.04 Å². The normalized spacial score (nSPS) is 16.9. The topological polar surface area (TPSA) is 139 Å². The Balaban J connectivity index is 1.80. The molecule has 0 aliphatic heterocycles.